The zero-order valence-corrected chi connectivity index (χ0v) is 16.1. The first-order valence-corrected chi connectivity index (χ1v) is 10.1. The number of carbonyl (C=O) groups excluding carboxylic acids is 1. The maximum Gasteiger partial charge on any atom is 0.446 e. The summed E-state index contributed by atoms with van der Waals surface area (Å²) < 4.78 is 35.3. The first-order chi connectivity index (χ1) is 13.7. The zero-order valence-electron chi connectivity index (χ0n) is 15.3. The van der Waals surface area contributed by atoms with Gasteiger partial charge in [-0.15, -0.1) is 0 Å². The summed E-state index contributed by atoms with van der Waals surface area (Å²) in [5.41, 5.74) is 2.38. The Hall–Kier alpha value is -3.36. The fourth-order valence-corrected chi connectivity index (χ4v) is 4.16. The number of aryl methyl sites for hydroxylation is 1. The molecule has 3 aromatic carbocycles. The van der Waals surface area contributed by atoms with Crippen LogP contribution in [0.5, 0.6) is 11.5 Å². The molecule has 1 heterocycles. The van der Waals surface area contributed by atoms with Gasteiger partial charge in [0.1, 0.15) is 16.9 Å². The minimum Gasteiger partial charge on any atom is -0.508 e. The first-order valence-electron chi connectivity index (χ1n) is 8.70. The molecule has 0 aromatic heterocycles. The van der Waals surface area contributed by atoms with Crippen LogP contribution in [-0.4, -0.2) is 24.0 Å². The maximum absolute atomic E-state index is 13.4. The molecule has 1 aliphatic heterocycles. The zero-order chi connectivity index (χ0) is 20.8. The monoisotopic (exact) mass is 411 g/mol. The fraction of sp³-hybridized carbons (Fsp3) is 0.0952. The number of hydrogen-bond acceptors (Lipinski definition) is 5. The molecular formula is C21H17NO6S. The molecule has 3 N–H and O–H groups in total. The number of anilines is 1. The van der Waals surface area contributed by atoms with E-state index in [0.29, 0.717) is 16.8 Å². The van der Waals surface area contributed by atoms with Crippen LogP contribution in [0.2, 0.25) is 0 Å². The number of carbonyl (C=O) groups is 1. The Balaban J connectivity index is 1.95. The van der Waals surface area contributed by atoms with E-state index >= 15 is 0 Å². The van der Waals surface area contributed by atoms with Crippen LogP contribution in [0.3, 0.4) is 0 Å². The van der Waals surface area contributed by atoms with E-state index in [-0.39, 0.29) is 17.4 Å². The van der Waals surface area contributed by atoms with Gasteiger partial charge >= 0.3 is 10.4 Å². The molecule has 7 nitrogen and oxygen atoms in total. The number of aromatic hydroxyl groups is 1. The van der Waals surface area contributed by atoms with E-state index in [0.717, 1.165) is 11.1 Å². The van der Waals surface area contributed by atoms with Gasteiger partial charge in [0.05, 0.1) is 0 Å². The summed E-state index contributed by atoms with van der Waals surface area (Å²) >= 11 is 0. The van der Waals surface area contributed by atoms with Gasteiger partial charge < -0.3 is 14.6 Å². The Morgan fingerprint density at radius 3 is 2.10 bits per heavy atom. The molecule has 1 unspecified atom stereocenters. The van der Waals surface area contributed by atoms with E-state index < -0.39 is 15.8 Å². The topological polar surface area (TPSA) is 113 Å². The summed E-state index contributed by atoms with van der Waals surface area (Å²) in [4.78, 5) is 13.4. The van der Waals surface area contributed by atoms with Gasteiger partial charge in [-0.25, -0.2) is 0 Å². The number of para-hydroxylation sites is 1. The van der Waals surface area contributed by atoms with Crippen LogP contribution < -0.4 is 9.50 Å². The van der Waals surface area contributed by atoms with Crippen LogP contribution in [0.4, 0.5) is 5.69 Å². The largest absolute Gasteiger partial charge is 0.508 e. The second-order valence-corrected chi connectivity index (χ2v) is 7.81. The van der Waals surface area contributed by atoms with E-state index in [1.165, 1.54) is 24.3 Å². The number of amides is 1. The molecule has 8 heteroatoms. The lowest BCUT2D eigenvalue weighted by Gasteiger charge is -2.29. The average Bonchev–Trinajstić information content (AvgIpc) is 2.96. The highest BCUT2D eigenvalue weighted by atomic mass is 32.3. The standard InChI is InChI=1S/C21H17NO6S/c1-13-3-2-4-18-19(13)22-20(24)21(18,14-5-9-16(23)10-6-14)15-7-11-17(12-8-15)28-29(25,26)27/h2-12,23H,1H3,(H,22,24)(H,25,26,27). The highest BCUT2D eigenvalue weighted by Gasteiger charge is 2.50. The number of nitrogens with one attached hydrogen (secondary N) is 1. The molecule has 3 aromatic rings. The minimum atomic E-state index is -4.65. The lowest BCUT2D eigenvalue weighted by atomic mass is 9.70. The molecule has 4 rings (SSSR count). The van der Waals surface area contributed by atoms with Crippen molar-refractivity contribution in [3.63, 3.8) is 0 Å². The predicted molar refractivity (Wildman–Crippen MR) is 106 cm³/mol. The molecule has 1 aliphatic rings. The third-order valence-corrected chi connectivity index (χ3v) is 5.45. The number of fused-ring (bicyclic) bond motifs is 1. The smallest absolute Gasteiger partial charge is 0.446 e. The van der Waals surface area contributed by atoms with Crippen molar-refractivity contribution in [2.45, 2.75) is 12.3 Å². The third-order valence-electron chi connectivity index (χ3n) is 5.05. The van der Waals surface area contributed by atoms with Gasteiger partial charge in [0.25, 0.3) is 0 Å². The molecular weight excluding hydrogens is 394 g/mol. The molecule has 148 valence electrons. The van der Waals surface area contributed by atoms with Gasteiger partial charge in [0.2, 0.25) is 5.91 Å². The van der Waals surface area contributed by atoms with Crippen molar-refractivity contribution in [1.29, 1.82) is 0 Å². The molecule has 0 spiro atoms. The van der Waals surface area contributed by atoms with Gasteiger partial charge in [0.15, 0.2) is 0 Å². The molecule has 0 bridgehead atoms. The number of rotatable bonds is 4. The molecule has 1 amide bonds. The number of hydrogen-bond donors (Lipinski definition) is 3. The lowest BCUT2D eigenvalue weighted by molar-refractivity contribution is -0.118. The number of phenols is 1. The van der Waals surface area contributed by atoms with Crippen LogP contribution >= 0.6 is 0 Å². The summed E-state index contributed by atoms with van der Waals surface area (Å²) in [5.74, 6) is -0.278. The minimum absolute atomic E-state index is 0.0728. The van der Waals surface area contributed by atoms with Crippen molar-refractivity contribution in [3.05, 3.63) is 89.0 Å². The second kappa shape index (κ2) is 6.61. The Morgan fingerprint density at radius 1 is 0.931 bits per heavy atom. The van der Waals surface area contributed by atoms with E-state index in [1.807, 2.05) is 25.1 Å². The van der Waals surface area contributed by atoms with Gasteiger partial charge in [-0.2, -0.15) is 8.42 Å². The predicted octanol–water partition coefficient (Wildman–Crippen LogP) is 3.17. The van der Waals surface area contributed by atoms with Gasteiger partial charge in [0, 0.05) is 11.3 Å². The van der Waals surface area contributed by atoms with Gasteiger partial charge in [-0.1, -0.05) is 42.5 Å². The third kappa shape index (κ3) is 3.12. The van der Waals surface area contributed by atoms with Gasteiger partial charge in [-0.05, 0) is 47.9 Å². The highest BCUT2D eigenvalue weighted by Crippen LogP contribution is 2.49. The quantitative estimate of drug-likeness (QED) is 0.569. The normalized spacial score (nSPS) is 18.2. The number of benzene rings is 3. The van der Waals surface area contributed by atoms with E-state index in [9.17, 15) is 18.3 Å². The van der Waals surface area contributed by atoms with Gasteiger partial charge in [-0.3, -0.25) is 9.35 Å². The van der Waals surface area contributed by atoms with Crippen LogP contribution in [0, 0.1) is 6.92 Å². The maximum atomic E-state index is 13.4. The van der Waals surface area contributed by atoms with Crippen molar-refractivity contribution >= 4 is 22.0 Å². The highest BCUT2D eigenvalue weighted by molar-refractivity contribution is 7.81. The summed E-state index contributed by atoms with van der Waals surface area (Å²) in [5, 5.41) is 12.7. The van der Waals surface area contributed by atoms with Crippen molar-refractivity contribution in [2.75, 3.05) is 5.32 Å². The lowest BCUT2D eigenvalue weighted by Crippen LogP contribution is -2.36. The molecule has 0 radical (unpaired) electrons. The SMILES string of the molecule is Cc1cccc2c1NC(=O)C2(c1ccc(O)cc1)c1ccc(OS(=O)(=O)O)cc1. The molecule has 0 saturated carbocycles. The van der Waals surface area contributed by atoms with E-state index in [4.69, 9.17) is 4.55 Å². The Morgan fingerprint density at radius 2 is 1.52 bits per heavy atom. The molecule has 0 fully saturated rings. The Labute approximate surface area is 167 Å². The first kappa shape index (κ1) is 19.0. The van der Waals surface area contributed by atoms with Crippen LogP contribution in [0.25, 0.3) is 0 Å². The Bertz CT molecular complexity index is 1200. The molecule has 1 atom stereocenters. The number of phenolic OH excluding ortho intramolecular Hbond substituents is 1. The fourth-order valence-electron chi connectivity index (χ4n) is 3.81. The van der Waals surface area contributed by atoms with Crippen LogP contribution in [-0.2, 0) is 20.6 Å². The van der Waals surface area contributed by atoms with Crippen molar-refractivity contribution < 1.29 is 27.1 Å². The molecule has 0 saturated heterocycles. The van der Waals surface area contributed by atoms with Crippen molar-refractivity contribution in [3.8, 4) is 11.5 Å². The second-order valence-electron chi connectivity index (χ2n) is 6.78. The van der Waals surface area contributed by atoms with E-state index in [2.05, 4.69) is 9.50 Å². The summed E-state index contributed by atoms with van der Waals surface area (Å²) in [7, 11) is -4.65. The van der Waals surface area contributed by atoms with Crippen LogP contribution in [0.1, 0.15) is 22.3 Å². The Kier molecular flexibility index (Phi) is 4.33. The molecule has 29 heavy (non-hydrogen) atoms. The van der Waals surface area contributed by atoms with Crippen molar-refractivity contribution in [2.24, 2.45) is 0 Å². The summed E-state index contributed by atoms with van der Waals surface area (Å²) in [6.07, 6.45) is 0. The van der Waals surface area contributed by atoms with E-state index in [1.54, 1.807) is 24.3 Å². The average molecular weight is 411 g/mol. The van der Waals surface area contributed by atoms with Crippen LogP contribution in [0.15, 0.2) is 66.7 Å². The van der Waals surface area contributed by atoms with Crippen molar-refractivity contribution in [1.82, 2.24) is 0 Å². The summed E-state index contributed by atoms with van der Waals surface area (Å²) in [6, 6.07) is 17.9. The molecule has 0 aliphatic carbocycles. The summed E-state index contributed by atoms with van der Waals surface area (Å²) in [6.45, 7) is 1.90.